The van der Waals surface area contributed by atoms with Gasteiger partial charge in [-0.15, -0.1) is 0 Å². The van der Waals surface area contributed by atoms with Crippen LogP contribution < -0.4 is 22.5 Å². The van der Waals surface area contributed by atoms with Crippen LogP contribution in [0.5, 0.6) is 0 Å². The first-order valence-corrected chi connectivity index (χ1v) is 13.3. The van der Waals surface area contributed by atoms with Crippen LogP contribution in [0.15, 0.2) is 36.7 Å². The summed E-state index contributed by atoms with van der Waals surface area (Å²) in [4.78, 5) is 54.9. The van der Waals surface area contributed by atoms with Crippen molar-refractivity contribution in [3.8, 4) is 0 Å². The minimum Gasteiger partial charge on any atom is -0.444 e. The maximum absolute atomic E-state index is 13.0. The van der Waals surface area contributed by atoms with E-state index in [-0.39, 0.29) is 24.0 Å². The van der Waals surface area contributed by atoms with Gasteiger partial charge in [0.2, 0.25) is 0 Å². The molecule has 3 N–H and O–H groups in total. The second-order valence-corrected chi connectivity index (χ2v) is 10.7. The summed E-state index contributed by atoms with van der Waals surface area (Å²) in [5, 5.41) is 13.4. The van der Waals surface area contributed by atoms with Crippen LogP contribution in [0.1, 0.15) is 36.4 Å². The summed E-state index contributed by atoms with van der Waals surface area (Å²) in [6, 6.07) is -0.834. The monoisotopic (exact) mass is 565 g/mol. The molecule has 0 saturated carbocycles. The SMILES string of the molecule is [B-]P(=O)(OC[C@H]1O[C@@H](n2cc(C)c(=O)[nH]c2=O)C[C@@H]1N=[N+]=[N-])O[C@H]1C[C@H](n2cc(C)c(=O)[nH]c2=O)O[C@@H]1CO. The van der Waals surface area contributed by atoms with Crippen LogP contribution in [-0.4, -0.2) is 69.3 Å². The standard InChI is InChI=1S/C20H25BN7O10P/c1-9-5-27(19(32)23-17(9)30)15-3-11(25-26-22)14(37-15)8-35-39(21,34)38-12-4-16(36-13(12)7-29)28-6-10(2)18(31)24-20(28)33/h5-6,11-16,29H,3-4,7-8H2,1-2H3,(H,23,30,32)(H,24,31,33)/q-1/t11-,12-,13+,14+,15+,16+,39?/m0/s1. The normalized spacial score (nSPS) is 28.2. The van der Waals surface area contributed by atoms with E-state index < -0.39 is 80.0 Å². The van der Waals surface area contributed by atoms with Crippen LogP contribution in [0, 0.1) is 13.8 Å². The first-order valence-electron chi connectivity index (χ1n) is 11.7. The fourth-order valence-corrected chi connectivity index (χ4v) is 5.38. The molecule has 4 heterocycles. The van der Waals surface area contributed by atoms with Crippen molar-refractivity contribution in [2.45, 2.75) is 63.5 Å². The third-order valence-corrected chi connectivity index (χ3v) is 7.45. The zero-order valence-electron chi connectivity index (χ0n) is 20.8. The molecule has 0 aromatic carbocycles. The maximum atomic E-state index is 13.0. The molecule has 3 radical (unpaired) electrons. The molecule has 1 unspecified atom stereocenters. The molecule has 0 amide bonds. The number of aromatic amines is 2. The van der Waals surface area contributed by atoms with Crippen LogP contribution >= 0.6 is 7.47 Å². The predicted molar refractivity (Wildman–Crippen MR) is 133 cm³/mol. The molecule has 2 aliphatic rings. The van der Waals surface area contributed by atoms with E-state index in [0.29, 0.717) is 0 Å². The summed E-state index contributed by atoms with van der Waals surface area (Å²) in [5.41, 5.74) is 6.86. The van der Waals surface area contributed by atoms with Gasteiger partial charge in [-0.1, -0.05) is 5.11 Å². The minimum absolute atomic E-state index is 0.0529. The highest BCUT2D eigenvalue weighted by Crippen LogP contribution is 2.48. The smallest absolute Gasteiger partial charge is 0.330 e. The van der Waals surface area contributed by atoms with Gasteiger partial charge in [-0.2, -0.15) is 0 Å². The number of aryl methyl sites for hydroxylation is 2. The Kier molecular flexibility index (Phi) is 8.47. The zero-order valence-corrected chi connectivity index (χ0v) is 21.7. The first-order chi connectivity index (χ1) is 18.4. The van der Waals surface area contributed by atoms with Gasteiger partial charge in [0.1, 0.15) is 18.6 Å². The first kappa shape index (κ1) is 28.8. The van der Waals surface area contributed by atoms with Gasteiger partial charge in [0.05, 0.1) is 38.9 Å². The highest BCUT2D eigenvalue weighted by molar-refractivity contribution is 7.79. The van der Waals surface area contributed by atoms with E-state index in [4.69, 9.17) is 31.6 Å². The molecule has 39 heavy (non-hydrogen) atoms. The summed E-state index contributed by atoms with van der Waals surface area (Å²) >= 11 is 0. The van der Waals surface area contributed by atoms with Gasteiger partial charge in [0.25, 0.3) is 11.1 Å². The summed E-state index contributed by atoms with van der Waals surface area (Å²) < 4.78 is 37.4. The molecule has 0 spiro atoms. The van der Waals surface area contributed by atoms with Crippen molar-refractivity contribution < 1.29 is 28.2 Å². The lowest BCUT2D eigenvalue weighted by Crippen LogP contribution is -2.33. The number of hydrogen-bond acceptors (Lipinski definition) is 11. The zero-order chi connectivity index (χ0) is 28.5. The number of aromatic nitrogens is 4. The van der Waals surface area contributed by atoms with Gasteiger partial charge in [-0.25, -0.2) is 9.59 Å². The molecule has 2 fully saturated rings. The fourth-order valence-electron chi connectivity index (χ4n) is 4.37. The summed E-state index contributed by atoms with van der Waals surface area (Å²) in [6.07, 6.45) is -2.33. The van der Waals surface area contributed by atoms with Crippen LogP contribution in [0.2, 0.25) is 0 Å². The molecule has 7 atom stereocenters. The minimum atomic E-state index is -4.32. The van der Waals surface area contributed by atoms with Crippen molar-refractivity contribution >= 4 is 15.0 Å². The van der Waals surface area contributed by atoms with E-state index in [2.05, 4.69) is 20.0 Å². The highest BCUT2D eigenvalue weighted by Gasteiger charge is 2.40. The Morgan fingerprint density at radius 2 is 1.62 bits per heavy atom. The summed E-state index contributed by atoms with van der Waals surface area (Å²) in [7, 11) is 1.46. The van der Waals surface area contributed by atoms with E-state index in [9.17, 15) is 28.8 Å². The molecule has 4 rings (SSSR count). The van der Waals surface area contributed by atoms with E-state index in [1.165, 1.54) is 26.2 Å². The number of ether oxygens (including phenoxy) is 2. The molecule has 2 aliphatic heterocycles. The molecule has 0 bridgehead atoms. The Balaban J connectivity index is 1.44. The Bertz CT molecular complexity index is 1560. The number of rotatable bonds is 9. The topological polar surface area (TPSA) is 233 Å². The number of H-pyrrole nitrogens is 2. The third-order valence-electron chi connectivity index (χ3n) is 6.38. The van der Waals surface area contributed by atoms with Crippen molar-refractivity contribution in [2.75, 3.05) is 13.2 Å². The van der Waals surface area contributed by atoms with Crippen molar-refractivity contribution in [3.05, 3.63) is 75.6 Å². The molecular formula is C20H25BN7O10P-. The quantitative estimate of drug-likeness (QED) is 0.117. The predicted octanol–water partition coefficient (Wildman–Crippen LogP) is -0.372. The molecule has 19 heteroatoms. The molecule has 209 valence electrons. The molecule has 2 aromatic rings. The lowest BCUT2D eigenvalue weighted by atomic mass is 10.1. The van der Waals surface area contributed by atoms with E-state index in [1.54, 1.807) is 0 Å². The number of hydrogen-bond donors (Lipinski definition) is 3. The largest absolute Gasteiger partial charge is 0.444 e. The molecule has 17 nitrogen and oxygen atoms in total. The fraction of sp³-hybridized carbons (Fsp3) is 0.600. The highest BCUT2D eigenvalue weighted by atomic mass is 31.2. The Morgan fingerprint density at radius 3 is 2.15 bits per heavy atom. The van der Waals surface area contributed by atoms with E-state index in [1.807, 2.05) is 0 Å². The molecule has 0 aliphatic carbocycles. The molecule has 2 saturated heterocycles. The van der Waals surface area contributed by atoms with Gasteiger partial charge in [-0.3, -0.25) is 28.7 Å². The van der Waals surface area contributed by atoms with Crippen molar-refractivity contribution in [1.82, 2.24) is 19.1 Å². The van der Waals surface area contributed by atoms with Crippen molar-refractivity contribution in [2.24, 2.45) is 5.11 Å². The number of aliphatic hydroxyl groups is 1. The maximum Gasteiger partial charge on any atom is 0.330 e. The average Bonchev–Trinajstić information content (AvgIpc) is 3.46. The Hall–Kier alpha value is -3.24. The van der Waals surface area contributed by atoms with Gasteiger partial charge < -0.3 is 35.8 Å². The van der Waals surface area contributed by atoms with Crippen molar-refractivity contribution in [1.29, 1.82) is 0 Å². The summed E-state index contributed by atoms with van der Waals surface area (Å²) in [6.45, 7) is 1.99. The lowest BCUT2D eigenvalue weighted by molar-refractivity contribution is -0.0460. The molecule has 2 aromatic heterocycles. The summed E-state index contributed by atoms with van der Waals surface area (Å²) in [5.74, 6) is 0. The third kappa shape index (κ3) is 6.33. The van der Waals surface area contributed by atoms with Crippen LogP contribution in [0.3, 0.4) is 0 Å². The van der Waals surface area contributed by atoms with E-state index >= 15 is 0 Å². The Morgan fingerprint density at radius 1 is 1.08 bits per heavy atom. The molecular weight excluding hydrogens is 540 g/mol. The average molecular weight is 565 g/mol. The number of aliphatic hydroxyl groups excluding tert-OH is 1. The number of nitrogens with zero attached hydrogens (tertiary/aromatic N) is 5. The number of nitrogens with one attached hydrogen (secondary N) is 2. The van der Waals surface area contributed by atoms with Gasteiger partial charge in [0.15, 0.2) is 0 Å². The van der Waals surface area contributed by atoms with Gasteiger partial charge in [-0.05, 0) is 19.4 Å². The van der Waals surface area contributed by atoms with Crippen molar-refractivity contribution in [3.63, 3.8) is 0 Å². The van der Waals surface area contributed by atoms with Crippen LogP contribution in [0.4, 0.5) is 0 Å². The second-order valence-electron chi connectivity index (χ2n) is 9.12. The van der Waals surface area contributed by atoms with Crippen LogP contribution in [-0.2, 0) is 23.1 Å². The lowest BCUT2D eigenvalue weighted by Gasteiger charge is -2.32. The van der Waals surface area contributed by atoms with Crippen LogP contribution in [0.25, 0.3) is 10.4 Å². The van der Waals surface area contributed by atoms with Gasteiger partial charge >= 0.3 is 11.4 Å². The van der Waals surface area contributed by atoms with Gasteiger partial charge in [0, 0.05) is 41.3 Å². The van der Waals surface area contributed by atoms with E-state index in [0.717, 1.165) is 9.13 Å². The Labute approximate surface area is 220 Å². The second kappa shape index (κ2) is 11.5. The number of azide groups is 1.